The lowest BCUT2D eigenvalue weighted by molar-refractivity contribution is -0.157. The molecule has 1 aromatic carbocycles. The minimum absolute atomic E-state index is 0.193. The van der Waals surface area contributed by atoms with Crippen molar-refractivity contribution in [2.24, 2.45) is 0 Å². The molecule has 1 fully saturated rings. The zero-order valence-corrected chi connectivity index (χ0v) is 14.4. The van der Waals surface area contributed by atoms with E-state index in [4.69, 9.17) is 9.47 Å². The molecule has 1 saturated heterocycles. The van der Waals surface area contributed by atoms with Gasteiger partial charge in [0.1, 0.15) is 12.2 Å². The van der Waals surface area contributed by atoms with Crippen LogP contribution in [0.2, 0.25) is 0 Å². The summed E-state index contributed by atoms with van der Waals surface area (Å²) in [6.45, 7) is 5.92. The molecule has 0 saturated carbocycles. The van der Waals surface area contributed by atoms with Crippen LogP contribution in [0.1, 0.15) is 32.4 Å². The van der Waals surface area contributed by atoms with Crippen molar-refractivity contribution in [1.29, 1.82) is 0 Å². The smallest absolute Gasteiger partial charge is 0.411 e. The molecule has 1 amide bonds. The van der Waals surface area contributed by atoms with Crippen LogP contribution in [0.5, 0.6) is 0 Å². The topological polar surface area (TPSA) is 55.8 Å². The highest BCUT2D eigenvalue weighted by atomic mass is 127. The molecule has 1 aliphatic rings. The minimum atomic E-state index is -0.745. The Morgan fingerprint density at radius 1 is 1.33 bits per heavy atom. The summed E-state index contributed by atoms with van der Waals surface area (Å²) in [6, 6.07) is 6.70. The Kier molecular flexibility index (Phi) is 4.75. The Morgan fingerprint density at radius 3 is 2.52 bits per heavy atom. The van der Waals surface area contributed by atoms with E-state index in [2.05, 4.69) is 22.6 Å². The number of cyclic esters (lactones) is 1. The Morgan fingerprint density at radius 2 is 1.95 bits per heavy atom. The highest BCUT2D eigenvalue weighted by Gasteiger charge is 2.38. The zero-order chi connectivity index (χ0) is 15.6. The maximum atomic E-state index is 12.3. The Bertz CT molecular complexity index is 536. The van der Waals surface area contributed by atoms with Gasteiger partial charge < -0.3 is 9.47 Å². The van der Waals surface area contributed by atoms with Crippen molar-refractivity contribution < 1.29 is 19.1 Å². The number of hydrogen-bond donors (Lipinski definition) is 0. The molecular formula is C15H18INO4. The molecule has 1 unspecified atom stereocenters. The average Bonchev–Trinajstić information content (AvgIpc) is 2.38. The normalized spacial score (nSPS) is 19.1. The van der Waals surface area contributed by atoms with Crippen molar-refractivity contribution in [2.45, 2.75) is 32.4 Å². The fourth-order valence-electron chi connectivity index (χ4n) is 2.06. The molecule has 0 bridgehead atoms. The van der Waals surface area contributed by atoms with E-state index >= 15 is 0 Å². The molecule has 0 spiro atoms. The Hall–Kier alpha value is -1.31. The molecule has 0 N–H and O–H groups in total. The fourth-order valence-corrected chi connectivity index (χ4v) is 2.42. The third-order valence-electron chi connectivity index (χ3n) is 2.93. The van der Waals surface area contributed by atoms with Gasteiger partial charge in [0.2, 0.25) is 0 Å². The second-order valence-corrected chi connectivity index (χ2v) is 7.04. The first kappa shape index (κ1) is 16.1. The van der Waals surface area contributed by atoms with Crippen molar-refractivity contribution in [3.05, 3.63) is 33.4 Å². The standard InChI is InChI=1S/C15H18INO4/c1-15(2,3)21-14(19)17-8-9-20-13(18)12(17)10-4-6-11(16)7-5-10/h4-7,12H,8-9H2,1-3H3. The summed E-state index contributed by atoms with van der Waals surface area (Å²) >= 11 is 2.19. The number of carbonyl (C=O) groups is 2. The molecule has 1 atom stereocenters. The molecular weight excluding hydrogens is 385 g/mol. The largest absolute Gasteiger partial charge is 0.462 e. The van der Waals surface area contributed by atoms with E-state index < -0.39 is 23.7 Å². The van der Waals surface area contributed by atoms with Crippen LogP contribution in [0.25, 0.3) is 0 Å². The first-order valence-corrected chi connectivity index (χ1v) is 7.77. The van der Waals surface area contributed by atoms with Crippen LogP contribution in [0.3, 0.4) is 0 Å². The Balaban J connectivity index is 2.27. The number of benzene rings is 1. The van der Waals surface area contributed by atoms with Gasteiger partial charge in [0.25, 0.3) is 0 Å². The van der Waals surface area contributed by atoms with Crippen molar-refractivity contribution >= 4 is 34.7 Å². The summed E-state index contributed by atoms with van der Waals surface area (Å²) in [7, 11) is 0. The first-order valence-electron chi connectivity index (χ1n) is 6.70. The molecule has 6 heteroatoms. The number of nitrogens with zero attached hydrogens (tertiary/aromatic N) is 1. The number of halogens is 1. The van der Waals surface area contributed by atoms with E-state index in [0.717, 1.165) is 9.13 Å². The van der Waals surface area contributed by atoms with Gasteiger partial charge in [-0.05, 0) is 61.1 Å². The summed E-state index contributed by atoms with van der Waals surface area (Å²) < 4.78 is 11.5. The van der Waals surface area contributed by atoms with Gasteiger partial charge in [-0.2, -0.15) is 0 Å². The van der Waals surface area contributed by atoms with Crippen molar-refractivity contribution in [3.8, 4) is 0 Å². The van der Waals surface area contributed by atoms with Gasteiger partial charge in [-0.1, -0.05) is 12.1 Å². The maximum absolute atomic E-state index is 12.3. The molecule has 2 rings (SSSR count). The molecule has 0 aromatic heterocycles. The van der Waals surface area contributed by atoms with Gasteiger partial charge in [0, 0.05) is 3.57 Å². The monoisotopic (exact) mass is 403 g/mol. The highest BCUT2D eigenvalue weighted by molar-refractivity contribution is 14.1. The lowest BCUT2D eigenvalue weighted by atomic mass is 10.0. The van der Waals surface area contributed by atoms with Gasteiger partial charge in [0.05, 0.1) is 6.54 Å². The summed E-state index contributed by atoms with van der Waals surface area (Å²) in [4.78, 5) is 25.8. The second-order valence-electron chi connectivity index (χ2n) is 5.80. The molecule has 0 aliphatic carbocycles. The molecule has 1 heterocycles. The number of rotatable bonds is 1. The average molecular weight is 403 g/mol. The third kappa shape index (κ3) is 4.09. The predicted octanol–water partition coefficient (Wildman–Crippen LogP) is 3.13. The second kappa shape index (κ2) is 6.21. The number of esters is 1. The molecule has 5 nitrogen and oxygen atoms in total. The van der Waals surface area contributed by atoms with Crippen LogP contribution in [0.15, 0.2) is 24.3 Å². The van der Waals surface area contributed by atoms with Gasteiger partial charge >= 0.3 is 12.1 Å². The lowest BCUT2D eigenvalue weighted by Crippen LogP contribution is -2.47. The summed E-state index contributed by atoms with van der Waals surface area (Å²) in [5.74, 6) is -0.423. The summed E-state index contributed by atoms with van der Waals surface area (Å²) in [5.41, 5.74) is 0.126. The number of hydrogen-bond acceptors (Lipinski definition) is 4. The first-order chi connectivity index (χ1) is 9.78. The van der Waals surface area contributed by atoms with Crippen molar-refractivity contribution in [2.75, 3.05) is 13.2 Å². The SMILES string of the molecule is CC(C)(C)OC(=O)N1CCOC(=O)C1c1ccc(I)cc1. The van der Waals surface area contributed by atoms with Crippen LogP contribution in [0.4, 0.5) is 4.79 Å². The lowest BCUT2D eigenvalue weighted by Gasteiger charge is -2.35. The number of carbonyl (C=O) groups excluding carboxylic acids is 2. The number of amides is 1. The van der Waals surface area contributed by atoms with E-state index in [0.29, 0.717) is 6.54 Å². The highest BCUT2D eigenvalue weighted by Crippen LogP contribution is 2.27. The van der Waals surface area contributed by atoms with Gasteiger partial charge in [-0.3, -0.25) is 4.90 Å². The predicted molar refractivity (Wildman–Crippen MR) is 85.8 cm³/mol. The van der Waals surface area contributed by atoms with Crippen LogP contribution in [-0.4, -0.2) is 35.7 Å². The van der Waals surface area contributed by atoms with Crippen LogP contribution in [-0.2, 0) is 14.3 Å². The van der Waals surface area contributed by atoms with E-state index in [1.165, 1.54) is 4.90 Å². The van der Waals surface area contributed by atoms with E-state index in [9.17, 15) is 9.59 Å². The minimum Gasteiger partial charge on any atom is -0.462 e. The maximum Gasteiger partial charge on any atom is 0.411 e. The summed E-state index contributed by atoms with van der Waals surface area (Å²) in [5, 5.41) is 0. The van der Waals surface area contributed by atoms with Crippen molar-refractivity contribution in [3.63, 3.8) is 0 Å². The van der Waals surface area contributed by atoms with Gasteiger partial charge in [-0.15, -0.1) is 0 Å². The van der Waals surface area contributed by atoms with E-state index in [1.807, 2.05) is 24.3 Å². The molecule has 21 heavy (non-hydrogen) atoms. The fraction of sp³-hybridized carbons (Fsp3) is 0.467. The molecule has 114 valence electrons. The number of ether oxygens (including phenoxy) is 2. The van der Waals surface area contributed by atoms with E-state index in [-0.39, 0.29) is 6.61 Å². The molecule has 1 aliphatic heterocycles. The van der Waals surface area contributed by atoms with Gasteiger partial charge in [0.15, 0.2) is 6.04 Å². The third-order valence-corrected chi connectivity index (χ3v) is 3.64. The van der Waals surface area contributed by atoms with Gasteiger partial charge in [-0.25, -0.2) is 9.59 Å². The Labute approximate surface area is 137 Å². The zero-order valence-electron chi connectivity index (χ0n) is 12.3. The number of morpholine rings is 1. The van der Waals surface area contributed by atoms with Crippen LogP contribution in [0, 0.1) is 3.57 Å². The van der Waals surface area contributed by atoms with Crippen LogP contribution < -0.4 is 0 Å². The summed E-state index contributed by atoms with van der Waals surface area (Å²) in [6.07, 6.45) is -0.497. The quantitative estimate of drug-likeness (QED) is 0.534. The van der Waals surface area contributed by atoms with Crippen molar-refractivity contribution in [1.82, 2.24) is 4.90 Å². The molecule has 1 aromatic rings. The van der Waals surface area contributed by atoms with E-state index in [1.54, 1.807) is 20.8 Å². The van der Waals surface area contributed by atoms with Crippen LogP contribution >= 0.6 is 22.6 Å². The molecule has 0 radical (unpaired) electrons.